The van der Waals surface area contributed by atoms with Crippen LogP contribution in [0.1, 0.15) is 24.8 Å². The van der Waals surface area contributed by atoms with Crippen molar-refractivity contribution in [1.29, 1.82) is 0 Å². The number of furan rings is 1. The zero-order valence-electron chi connectivity index (χ0n) is 9.07. The SMILES string of the molecule is NC1(CCc2coc3ccc(O)cc23)CC1. The fourth-order valence-corrected chi connectivity index (χ4v) is 2.06. The number of aryl methyl sites for hydroxylation is 1. The van der Waals surface area contributed by atoms with Gasteiger partial charge in [0.2, 0.25) is 0 Å². The number of fused-ring (bicyclic) bond motifs is 1. The molecule has 1 aliphatic carbocycles. The highest BCUT2D eigenvalue weighted by Gasteiger charge is 2.37. The summed E-state index contributed by atoms with van der Waals surface area (Å²) >= 11 is 0. The monoisotopic (exact) mass is 217 g/mol. The molecule has 2 aromatic rings. The lowest BCUT2D eigenvalue weighted by Gasteiger charge is -2.06. The van der Waals surface area contributed by atoms with Crippen LogP contribution in [0.4, 0.5) is 0 Å². The molecule has 3 N–H and O–H groups in total. The van der Waals surface area contributed by atoms with E-state index in [-0.39, 0.29) is 11.3 Å². The number of phenolic OH excluding ortho intramolecular Hbond substituents is 1. The Bertz CT molecular complexity index is 526. The molecule has 16 heavy (non-hydrogen) atoms. The summed E-state index contributed by atoms with van der Waals surface area (Å²) in [6, 6.07) is 5.19. The lowest BCUT2D eigenvalue weighted by atomic mass is 10.0. The van der Waals surface area contributed by atoms with Gasteiger partial charge in [-0.3, -0.25) is 0 Å². The first-order chi connectivity index (χ1) is 7.66. The molecule has 0 spiro atoms. The lowest BCUT2D eigenvalue weighted by molar-refractivity contribution is 0.476. The summed E-state index contributed by atoms with van der Waals surface area (Å²) < 4.78 is 5.44. The van der Waals surface area contributed by atoms with E-state index in [0.717, 1.165) is 42.2 Å². The van der Waals surface area contributed by atoms with Gasteiger partial charge in [0, 0.05) is 10.9 Å². The number of aromatic hydroxyl groups is 1. The minimum atomic E-state index is 0.0699. The van der Waals surface area contributed by atoms with Crippen molar-refractivity contribution >= 4 is 11.0 Å². The van der Waals surface area contributed by atoms with Gasteiger partial charge in [0.1, 0.15) is 11.3 Å². The fraction of sp³-hybridized carbons (Fsp3) is 0.385. The van der Waals surface area contributed by atoms with Gasteiger partial charge in [-0.05, 0) is 49.4 Å². The van der Waals surface area contributed by atoms with E-state index in [1.165, 1.54) is 0 Å². The van der Waals surface area contributed by atoms with Crippen molar-refractivity contribution < 1.29 is 9.52 Å². The number of nitrogens with two attached hydrogens (primary N) is 1. The van der Waals surface area contributed by atoms with Crippen molar-refractivity contribution in [2.75, 3.05) is 0 Å². The Hall–Kier alpha value is -1.48. The number of hydrogen-bond acceptors (Lipinski definition) is 3. The van der Waals surface area contributed by atoms with Crippen LogP contribution in [0.3, 0.4) is 0 Å². The highest BCUT2D eigenvalue weighted by Crippen LogP contribution is 2.37. The average Bonchev–Trinajstić information content (AvgIpc) is 2.87. The Balaban J connectivity index is 1.88. The minimum Gasteiger partial charge on any atom is -0.508 e. The Morgan fingerprint density at radius 3 is 2.94 bits per heavy atom. The Labute approximate surface area is 93.9 Å². The molecular formula is C13H15NO2. The Morgan fingerprint density at radius 1 is 1.38 bits per heavy atom. The van der Waals surface area contributed by atoms with E-state index in [0.29, 0.717) is 0 Å². The molecule has 3 nitrogen and oxygen atoms in total. The van der Waals surface area contributed by atoms with Crippen LogP contribution in [0.2, 0.25) is 0 Å². The van der Waals surface area contributed by atoms with Gasteiger partial charge < -0.3 is 15.3 Å². The van der Waals surface area contributed by atoms with Gasteiger partial charge in [-0.1, -0.05) is 0 Å². The third-order valence-electron chi connectivity index (χ3n) is 3.42. The van der Waals surface area contributed by atoms with Crippen molar-refractivity contribution in [3.8, 4) is 5.75 Å². The molecule has 84 valence electrons. The lowest BCUT2D eigenvalue weighted by Crippen LogP contribution is -2.21. The second kappa shape index (κ2) is 3.25. The summed E-state index contributed by atoms with van der Waals surface area (Å²) in [5, 5.41) is 10.5. The number of benzene rings is 1. The molecule has 3 rings (SSSR count). The second-order valence-electron chi connectivity index (χ2n) is 4.80. The van der Waals surface area contributed by atoms with E-state index >= 15 is 0 Å². The molecule has 1 aliphatic rings. The number of hydrogen-bond donors (Lipinski definition) is 2. The van der Waals surface area contributed by atoms with Gasteiger partial charge in [-0.2, -0.15) is 0 Å². The van der Waals surface area contributed by atoms with Crippen LogP contribution in [-0.2, 0) is 6.42 Å². The summed E-state index contributed by atoms with van der Waals surface area (Å²) in [5.41, 5.74) is 8.10. The molecule has 1 fully saturated rings. The minimum absolute atomic E-state index is 0.0699. The standard InChI is InChI=1S/C13H15NO2/c14-13(5-6-13)4-3-9-8-16-12-2-1-10(15)7-11(9)12/h1-2,7-8,15H,3-6,14H2. The van der Waals surface area contributed by atoms with Crippen LogP contribution in [0.25, 0.3) is 11.0 Å². The van der Waals surface area contributed by atoms with Gasteiger partial charge in [-0.25, -0.2) is 0 Å². The smallest absolute Gasteiger partial charge is 0.134 e. The largest absolute Gasteiger partial charge is 0.508 e. The molecule has 0 atom stereocenters. The third-order valence-corrected chi connectivity index (χ3v) is 3.42. The van der Waals surface area contributed by atoms with Crippen LogP contribution in [0.15, 0.2) is 28.9 Å². The van der Waals surface area contributed by atoms with Crippen molar-refractivity contribution in [2.24, 2.45) is 5.73 Å². The predicted octanol–water partition coefficient (Wildman–Crippen LogP) is 2.56. The number of rotatable bonds is 3. The first kappa shape index (κ1) is 9.73. The zero-order chi connectivity index (χ0) is 11.2. The van der Waals surface area contributed by atoms with Crippen molar-refractivity contribution in [3.05, 3.63) is 30.0 Å². The van der Waals surface area contributed by atoms with E-state index < -0.39 is 0 Å². The van der Waals surface area contributed by atoms with Gasteiger partial charge in [0.05, 0.1) is 6.26 Å². The van der Waals surface area contributed by atoms with Crippen LogP contribution in [0, 0.1) is 0 Å². The summed E-state index contributed by atoms with van der Waals surface area (Å²) in [5.74, 6) is 0.282. The molecule has 0 unspecified atom stereocenters. The van der Waals surface area contributed by atoms with E-state index in [1.54, 1.807) is 24.5 Å². The average molecular weight is 217 g/mol. The van der Waals surface area contributed by atoms with Crippen molar-refractivity contribution in [2.45, 2.75) is 31.2 Å². The summed E-state index contributed by atoms with van der Waals surface area (Å²) in [4.78, 5) is 0. The summed E-state index contributed by atoms with van der Waals surface area (Å²) in [6.45, 7) is 0. The molecule has 0 saturated heterocycles. The maximum Gasteiger partial charge on any atom is 0.134 e. The molecule has 1 aromatic carbocycles. The van der Waals surface area contributed by atoms with E-state index in [9.17, 15) is 5.11 Å². The highest BCUT2D eigenvalue weighted by molar-refractivity contribution is 5.82. The summed E-state index contributed by atoms with van der Waals surface area (Å²) in [6.07, 6.45) is 5.96. The predicted molar refractivity (Wildman–Crippen MR) is 62.4 cm³/mol. The maximum atomic E-state index is 9.45. The fourth-order valence-electron chi connectivity index (χ4n) is 2.06. The van der Waals surface area contributed by atoms with Crippen LogP contribution >= 0.6 is 0 Å². The second-order valence-corrected chi connectivity index (χ2v) is 4.80. The molecule has 0 radical (unpaired) electrons. The molecule has 0 amide bonds. The molecule has 1 aromatic heterocycles. The normalized spacial score (nSPS) is 17.8. The van der Waals surface area contributed by atoms with Crippen LogP contribution < -0.4 is 5.73 Å². The molecule has 3 heteroatoms. The first-order valence-corrected chi connectivity index (χ1v) is 5.64. The summed E-state index contributed by atoms with van der Waals surface area (Å²) in [7, 11) is 0. The van der Waals surface area contributed by atoms with Crippen LogP contribution in [-0.4, -0.2) is 10.6 Å². The molecule has 1 heterocycles. The van der Waals surface area contributed by atoms with Gasteiger partial charge in [0.25, 0.3) is 0 Å². The number of phenols is 1. The van der Waals surface area contributed by atoms with Gasteiger partial charge in [0.15, 0.2) is 0 Å². The Morgan fingerprint density at radius 2 is 2.19 bits per heavy atom. The van der Waals surface area contributed by atoms with E-state index in [4.69, 9.17) is 10.2 Å². The molecule has 0 bridgehead atoms. The van der Waals surface area contributed by atoms with E-state index in [1.807, 2.05) is 0 Å². The molecule has 1 saturated carbocycles. The first-order valence-electron chi connectivity index (χ1n) is 5.64. The van der Waals surface area contributed by atoms with Gasteiger partial charge in [-0.15, -0.1) is 0 Å². The molecular weight excluding hydrogens is 202 g/mol. The van der Waals surface area contributed by atoms with Crippen molar-refractivity contribution in [3.63, 3.8) is 0 Å². The van der Waals surface area contributed by atoms with Gasteiger partial charge >= 0.3 is 0 Å². The molecule has 0 aliphatic heterocycles. The third kappa shape index (κ3) is 1.67. The van der Waals surface area contributed by atoms with Crippen LogP contribution in [0.5, 0.6) is 5.75 Å². The zero-order valence-corrected chi connectivity index (χ0v) is 9.07. The Kier molecular flexibility index (Phi) is 1.98. The quantitative estimate of drug-likeness (QED) is 0.830. The maximum absolute atomic E-state index is 9.45. The van der Waals surface area contributed by atoms with E-state index in [2.05, 4.69) is 0 Å². The van der Waals surface area contributed by atoms with Crippen molar-refractivity contribution in [1.82, 2.24) is 0 Å². The topological polar surface area (TPSA) is 59.4 Å². The highest BCUT2D eigenvalue weighted by atomic mass is 16.3.